The first-order valence-corrected chi connectivity index (χ1v) is 16.5. The standard InChI is InChI=1S/C45H23N5O/c1-47-37-20-19-30(45(44(37)48-2)50-39-16-8-3-11-31(39)32-12-4-9-17-40(32)50)28-21-27(26-46)22-29(23-28)49-38-15-7-5-13-33(38)35-24-36-34-14-6-10-18-42(34)51-43(36)25-41(35)49/h3-25H. The molecule has 0 radical (unpaired) electrons. The molecule has 0 N–H and O–H groups in total. The van der Waals surface area contributed by atoms with Crippen molar-refractivity contribution in [3.8, 4) is 28.6 Å². The Morgan fingerprint density at radius 2 is 1.16 bits per heavy atom. The Kier molecular flexibility index (Phi) is 5.97. The van der Waals surface area contributed by atoms with E-state index in [1.54, 1.807) is 6.07 Å². The molecule has 3 aromatic heterocycles. The van der Waals surface area contributed by atoms with E-state index in [0.29, 0.717) is 11.3 Å². The van der Waals surface area contributed by atoms with Gasteiger partial charge in [-0.1, -0.05) is 84.9 Å². The van der Waals surface area contributed by atoms with Crippen LogP contribution in [0.5, 0.6) is 0 Å². The first kappa shape index (κ1) is 28.4. The molecule has 0 unspecified atom stereocenters. The second kappa shape index (κ2) is 10.7. The van der Waals surface area contributed by atoms with Crippen molar-refractivity contribution >= 4 is 76.9 Å². The zero-order valence-corrected chi connectivity index (χ0v) is 26.9. The molecule has 0 spiro atoms. The Morgan fingerprint density at radius 3 is 1.82 bits per heavy atom. The minimum Gasteiger partial charge on any atom is -0.456 e. The van der Waals surface area contributed by atoms with E-state index in [4.69, 9.17) is 17.6 Å². The molecule has 234 valence electrons. The number of nitrogens with zero attached hydrogens (tertiary/aromatic N) is 5. The van der Waals surface area contributed by atoms with Crippen LogP contribution in [0.2, 0.25) is 0 Å². The van der Waals surface area contributed by atoms with Crippen molar-refractivity contribution in [3.05, 3.63) is 168 Å². The number of hydrogen-bond acceptors (Lipinski definition) is 2. The molecular weight excluding hydrogens is 627 g/mol. The molecule has 0 bridgehead atoms. The van der Waals surface area contributed by atoms with Gasteiger partial charge in [-0.05, 0) is 59.7 Å². The van der Waals surface area contributed by atoms with Gasteiger partial charge in [-0.15, -0.1) is 0 Å². The van der Waals surface area contributed by atoms with Crippen molar-refractivity contribution in [2.75, 3.05) is 0 Å². The van der Waals surface area contributed by atoms with Gasteiger partial charge in [0.2, 0.25) is 5.69 Å². The van der Waals surface area contributed by atoms with E-state index in [1.807, 2.05) is 84.9 Å². The monoisotopic (exact) mass is 649 g/mol. The number of furan rings is 1. The molecular formula is C45H23N5O. The molecule has 0 aliphatic rings. The predicted octanol–water partition coefficient (Wildman–Crippen LogP) is 12.4. The topological polar surface area (TPSA) is 55.5 Å². The van der Waals surface area contributed by atoms with Crippen molar-refractivity contribution in [1.82, 2.24) is 9.13 Å². The van der Waals surface area contributed by atoms with E-state index in [0.717, 1.165) is 82.4 Å². The van der Waals surface area contributed by atoms with Gasteiger partial charge in [-0.3, -0.25) is 4.85 Å². The van der Waals surface area contributed by atoms with E-state index in [-0.39, 0.29) is 11.4 Å². The van der Waals surface area contributed by atoms with E-state index in [9.17, 15) is 5.26 Å². The lowest BCUT2D eigenvalue weighted by Gasteiger charge is -2.18. The van der Waals surface area contributed by atoms with Crippen LogP contribution in [0.25, 0.3) is 97.7 Å². The third-order valence-corrected chi connectivity index (χ3v) is 9.95. The molecule has 0 aliphatic heterocycles. The van der Waals surface area contributed by atoms with Crippen molar-refractivity contribution in [1.29, 1.82) is 5.26 Å². The molecule has 6 nitrogen and oxygen atoms in total. The molecule has 51 heavy (non-hydrogen) atoms. The lowest BCUT2D eigenvalue weighted by atomic mass is 9.98. The quantitative estimate of drug-likeness (QED) is 0.179. The van der Waals surface area contributed by atoms with Gasteiger partial charge in [-0.25, -0.2) is 4.85 Å². The van der Waals surface area contributed by atoms with Crippen LogP contribution in [0.1, 0.15) is 5.56 Å². The fourth-order valence-corrected chi connectivity index (χ4v) is 7.82. The van der Waals surface area contributed by atoms with Crippen LogP contribution < -0.4 is 0 Å². The van der Waals surface area contributed by atoms with Crippen molar-refractivity contribution in [3.63, 3.8) is 0 Å². The normalized spacial score (nSPS) is 11.5. The summed E-state index contributed by atoms with van der Waals surface area (Å²) in [6, 6.07) is 48.8. The first-order chi connectivity index (χ1) is 25.2. The smallest absolute Gasteiger partial charge is 0.218 e. The van der Waals surface area contributed by atoms with Crippen LogP contribution in [-0.2, 0) is 0 Å². The summed E-state index contributed by atoms with van der Waals surface area (Å²) in [5, 5.41) is 16.8. The molecule has 10 rings (SSSR count). The Hall–Kier alpha value is -7.59. The van der Waals surface area contributed by atoms with Crippen LogP contribution in [0.15, 0.2) is 144 Å². The highest BCUT2D eigenvalue weighted by Gasteiger charge is 2.23. The number of rotatable bonds is 3. The average molecular weight is 650 g/mol. The molecule has 7 aromatic carbocycles. The summed E-state index contributed by atoms with van der Waals surface area (Å²) in [5.41, 5.74) is 9.39. The van der Waals surface area contributed by atoms with Crippen LogP contribution in [0.4, 0.5) is 11.4 Å². The maximum absolute atomic E-state index is 10.4. The highest BCUT2D eigenvalue weighted by molar-refractivity contribution is 6.17. The molecule has 6 heteroatoms. The van der Waals surface area contributed by atoms with Crippen molar-refractivity contribution in [2.24, 2.45) is 0 Å². The first-order valence-electron chi connectivity index (χ1n) is 16.5. The van der Waals surface area contributed by atoms with Crippen LogP contribution in [0, 0.1) is 24.5 Å². The maximum atomic E-state index is 10.4. The summed E-state index contributed by atoms with van der Waals surface area (Å²) in [4.78, 5) is 7.74. The molecule has 0 saturated carbocycles. The third kappa shape index (κ3) is 4.01. The number of aromatic nitrogens is 2. The highest BCUT2D eigenvalue weighted by Crippen LogP contribution is 2.46. The highest BCUT2D eigenvalue weighted by atomic mass is 16.3. The number of para-hydroxylation sites is 4. The van der Waals surface area contributed by atoms with Gasteiger partial charge >= 0.3 is 0 Å². The second-order valence-electron chi connectivity index (χ2n) is 12.6. The minimum atomic E-state index is 0.266. The van der Waals surface area contributed by atoms with Gasteiger partial charge in [0.05, 0.1) is 46.8 Å². The molecule has 0 atom stereocenters. The van der Waals surface area contributed by atoms with Crippen LogP contribution in [0.3, 0.4) is 0 Å². The summed E-state index contributed by atoms with van der Waals surface area (Å²) < 4.78 is 10.6. The molecule has 0 fully saturated rings. The van der Waals surface area contributed by atoms with Crippen molar-refractivity contribution < 1.29 is 4.42 Å². The summed E-state index contributed by atoms with van der Waals surface area (Å²) in [7, 11) is 0. The summed E-state index contributed by atoms with van der Waals surface area (Å²) in [6.07, 6.45) is 0. The van der Waals surface area contributed by atoms with Gasteiger partial charge in [0.15, 0.2) is 5.69 Å². The van der Waals surface area contributed by atoms with E-state index >= 15 is 0 Å². The van der Waals surface area contributed by atoms with E-state index in [2.05, 4.69) is 73.4 Å². The number of nitriles is 1. The van der Waals surface area contributed by atoms with E-state index in [1.165, 1.54) is 0 Å². The summed E-state index contributed by atoms with van der Waals surface area (Å²) >= 11 is 0. The predicted molar refractivity (Wildman–Crippen MR) is 205 cm³/mol. The zero-order valence-electron chi connectivity index (χ0n) is 26.9. The van der Waals surface area contributed by atoms with Crippen molar-refractivity contribution in [2.45, 2.75) is 0 Å². The molecule has 0 amide bonds. The Labute approximate surface area is 291 Å². The van der Waals surface area contributed by atoms with Gasteiger partial charge in [-0.2, -0.15) is 5.26 Å². The number of benzene rings is 7. The molecule has 0 saturated heterocycles. The zero-order chi connectivity index (χ0) is 34.2. The Balaban J connectivity index is 1.30. The fraction of sp³-hybridized carbons (Fsp3) is 0. The Bertz CT molecular complexity index is 3190. The molecule has 0 aliphatic carbocycles. The average Bonchev–Trinajstić information content (AvgIpc) is 3.83. The molecule has 3 heterocycles. The number of hydrogen-bond donors (Lipinski definition) is 0. The maximum Gasteiger partial charge on any atom is 0.218 e. The second-order valence-corrected chi connectivity index (χ2v) is 12.6. The fourth-order valence-electron chi connectivity index (χ4n) is 7.82. The van der Waals surface area contributed by atoms with Crippen LogP contribution >= 0.6 is 0 Å². The van der Waals surface area contributed by atoms with Gasteiger partial charge in [0.25, 0.3) is 0 Å². The third-order valence-electron chi connectivity index (χ3n) is 9.95. The van der Waals surface area contributed by atoms with E-state index < -0.39 is 0 Å². The van der Waals surface area contributed by atoms with Gasteiger partial charge in [0.1, 0.15) is 11.2 Å². The molecule has 10 aromatic rings. The summed E-state index contributed by atoms with van der Waals surface area (Å²) in [5.74, 6) is 0. The Morgan fingerprint density at radius 1 is 0.529 bits per heavy atom. The SMILES string of the molecule is [C-]#[N+]c1ccc(-c2cc(C#N)cc(-n3c4ccccc4c4cc5c(cc43)oc3ccccc35)c2)c(-n2c3ccccc3c3ccccc32)c1[N+]#[C-]. The van der Waals surface area contributed by atoms with Gasteiger partial charge < -0.3 is 13.6 Å². The van der Waals surface area contributed by atoms with Crippen LogP contribution in [-0.4, -0.2) is 9.13 Å². The van der Waals surface area contributed by atoms with Gasteiger partial charge in [0, 0.05) is 49.8 Å². The lowest BCUT2D eigenvalue weighted by molar-refractivity contribution is 0.669. The largest absolute Gasteiger partial charge is 0.456 e. The lowest BCUT2D eigenvalue weighted by Crippen LogP contribution is -2.00. The summed E-state index contributed by atoms with van der Waals surface area (Å²) in [6.45, 7) is 16.3. The minimum absolute atomic E-state index is 0.266. The number of fused-ring (bicyclic) bond motifs is 9.